The molecule has 0 saturated carbocycles. The SMILES string of the molecule is CCc1ccc(C2=NN(c3ccccc3)C3(CC2)SC(C(=O)c2ccccc2)=NN3c2ccccc2)cc1. The molecule has 188 valence electrons. The fourth-order valence-electron chi connectivity index (χ4n) is 4.91. The number of carbonyl (C=O) groups excluding carboxylic acids is 1. The normalized spacial score (nSPS) is 18.9. The van der Waals surface area contributed by atoms with E-state index in [4.69, 9.17) is 10.2 Å². The van der Waals surface area contributed by atoms with Crippen LogP contribution in [0.2, 0.25) is 0 Å². The minimum Gasteiger partial charge on any atom is -0.286 e. The number of hydrogen-bond acceptors (Lipinski definition) is 6. The van der Waals surface area contributed by atoms with Crippen molar-refractivity contribution in [3.05, 3.63) is 132 Å². The van der Waals surface area contributed by atoms with E-state index in [1.807, 2.05) is 83.9 Å². The molecule has 2 aliphatic rings. The van der Waals surface area contributed by atoms with E-state index in [1.54, 1.807) is 0 Å². The summed E-state index contributed by atoms with van der Waals surface area (Å²) >= 11 is 1.49. The van der Waals surface area contributed by atoms with Gasteiger partial charge >= 0.3 is 0 Å². The maximum Gasteiger partial charge on any atom is 0.219 e. The summed E-state index contributed by atoms with van der Waals surface area (Å²) in [6.45, 7) is 2.16. The molecule has 2 heterocycles. The molecule has 2 aliphatic heterocycles. The Morgan fingerprint density at radius 3 is 1.89 bits per heavy atom. The largest absolute Gasteiger partial charge is 0.286 e. The number of benzene rings is 4. The standard InChI is InChI=1S/C32H28N4OS/c1-2-24-18-20-25(21-19-24)29-22-23-32(35(33-29)27-14-8-4-9-15-27)36(28-16-10-5-11-17-28)34-31(38-32)30(37)26-12-6-3-7-13-26/h3-21H,2,22-23H2,1H3. The number of para-hydroxylation sites is 2. The van der Waals surface area contributed by atoms with Crippen molar-refractivity contribution in [1.29, 1.82) is 0 Å². The maximum absolute atomic E-state index is 13.6. The average molecular weight is 517 g/mol. The van der Waals surface area contributed by atoms with Crippen LogP contribution in [0.3, 0.4) is 0 Å². The Labute approximate surface area is 227 Å². The molecular weight excluding hydrogens is 488 g/mol. The second-order valence-electron chi connectivity index (χ2n) is 9.34. The molecule has 0 N–H and O–H groups in total. The summed E-state index contributed by atoms with van der Waals surface area (Å²) in [5.41, 5.74) is 5.95. The van der Waals surface area contributed by atoms with Crippen LogP contribution >= 0.6 is 11.8 Å². The lowest BCUT2D eigenvalue weighted by Crippen LogP contribution is -2.56. The van der Waals surface area contributed by atoms with Crippen LogP contribution < -0.4 is 10.0 Å². The zero-order valence-corrected chi connectivity index (χ0v) is 22.0. The molecule has 6 rings (SSSR count). The summed E-state index contributed by atoms with van der Waals surface area (Å²) < 4.78 is 0. The van der Waals surface area contributed by atoms with Crippen LogP contribution in [0.1, 0.15) is 41.3 Å². The molecule has 1 atom stereocenters. The first kappa shape index (κ1) is 24.2. The van der Waals surface area contributed by atoms with Crippen molar-refractivity contribution < 1.29 is 4.79 Å². The molecule has 0 aliphatic carbocycles. The third-order valence-electron chi connectivity index (χ3n) is 6.95. The lowest BCUT2D eigenvalue weighted by molar-refractivity contribution is 0.106. The third-order valence-corrected chi connectivity index (χ3v) is 8.29. The van der Waals surface area contributed by atoms with E-state index >= 15 is 0 Å². The highest BCUT2D eigenvalue weighted by Gasteiger charge is 2.53. The highest BCUT2D eigenvalue weighted by molar-refractivity contribution is 8.17. The van der Waals surface area contributed by atoms with Crippen LogP contribution in [0.25, 0.3) is 0 Å². The van der Waals surface area contributed by atoms with Gasteiger partial charge in [0, 0.05) is 12.0 Å². The number of aryl methyl sites for hydroxylation is 1. The van der Waals surface area contributed by atoms with Crippen molar-refractivity contribution in [3.63, 3.8) is 0 Å². The summed E-state index contributed by atoms with van der Waals surface area (Å²) in [6.07, 6.45) is 2.49. The van der Waals surface area contributed by atoms with E-state index in [-0.39, 0.29) is 5.78 Å². The molecule has 4 aromatic rings. The van der Waals surface area contributed by atoms with Crippen LogP contribution in [0.15, 0.2) is 125 Å². The molecule has 0 saturated heterocycles. The van der Waals surface area contributed by atoms with Gasteiger partial charge in [-0.1, -0.05) is 97.9 Å². The number of carbonyl (C=O) groups is 1. The Bertz CT molecular complexity index is 1490. The van der Waals surface area contributed by atoms with Gasteiger partial charge in [-0.3, -0.25) is 4.79 Å². The lowest BCUT2D eigenvalue weighted by atomic mass is 10.0. The molecule has 0 aromatic heterocycles. The van der Waals surface area contributed by atoms with Crippen molar-refractivity contribution in [2.24, 2.45) is 10.2 Å². The number of rotatable bonds is 6. The number of Topliss-reactive ketones (excluding diaryl/α,β-unsaturated/α-hetero) is 1. The lowest BCUT2D eigenvalue weighted by Gasteiger charge is -2.46. The fourth-order valence-corrected chi connectivity index (χ4v) is 6.22. The van der Waals surface area contributed by atoms with Crippen molar-refractivity contribution >= 4 is 39.7 Å². The molecule has 0 amide bonds. The van der Waals surface area contributed by atoms with E-state index in [0.29, 0.717) is 10.6 Å². The van der Waals surface area contributed by atoms with Crippen molar-refractivity contribution in [1.82, 2.24) is 0 Å². The number of ketones is 1. The van der Waals surface area contributed by atoms with Crippen molar-refractivity contribution in [3.8, 4) is 0 Å². The first-order valence-electron chi connectivity index (χ1n) is 12.9. The Balaban J connectivity index is 1.47. The zero-order chi connectivity index (χ0) is 26.0. The molecule has 1 unspecified atom stereocenters. The van der Waals surface area contributed by atoms with Gasteiger partial charge in [0.2, 0.25) is 10.8 Å². The average Bonchev–Trinajstić information content (AvgIpc) is 3.38. The Morgan fingerprint density at radius 2 is 1.32 bits per heavy atom. The third kappa shape index (κ3) is 4.41. The summed E-state index contributed by atoms with van der Waals surface area (Å²) in [5, 5.41) is 14.7. The zero-order valence-electron chi connectivity index (χ0n) is 21.2. The molecule has 0 radical (unpaired) electrons. The van der Waals surface area contributed by atoms with Crippen LogP contribution in [0, 0.1) is 0 Å². The first-order chi connectivity index (χ1) is 18.7. The van der Waals surface area contributed by atoms with Crippen molar-refractivity contribution in [2.45, 2.75) is 31.2 Å². The number of hydrazone groups is 2. The Hall–Kier alpha value is -4.16. The van der Waals surface area contributed by atoms with Crippen molar-refractivity contribution in [2.75, 3.05) is 10.0 Å². The van der Waals surface area contributed by atoms with E-state index in [1.165, 1.54) is 17.3 Å². The van der Waals surface area contributed by atoms with Gasteiger partial charge in [-0.05, 0) is 60.0 Å². The van der Waals surface area contributed by atoms with E-state index in [2.05, 4.69) is 48.3 Å². The molecule has 0 fully saturated rings. The van der Waals surface area contributed by atoms with Gasteiger partial charge in [0.1, 0.15) is 0 Å². The monoisotopic (exact) mass is 516 g/mol. The second kappa shape index (κ2) is 10.3. The molecule has 1 spiro atoms. The van der Waals surface area contributed by atoms with Crippen LogP contribution in [-0.2, 0) is 6.42 Å². The van der Waals surface area contributed by atoms with Gasteiger partial charge in [0.25, 0.3) is 0 Å². The highest BCUT2D eigenvalue weighted by atomic mass is 32.2. The van der Waals surface area contributed by atoms with E-state index in [9.17, 15) is 4.79 Å². The van der Waals surface area contributed by atoms with Gasteiger partial charge in [0.05, 0.1) is 17.1 Å². The number of anilines is 2. The Kier molecular flexibility index (Phi) is 6.56. The molecule has 38 heavy (non-hydrogen) atoms. The van der Waals surface area contributed by atoms with E-state index < -0.39 is 4.99 Å². The Morgan fingerprint density at radius 1 is 0.763 bits per heavy atom. The summed E-state index contributed by atoms with van der Waals surface area (Å²) in [7, 11) is 0. The minimum absolute atomic E-state index is 0.0775. The van der Waals surface area contributed by atoms with Crippen LogP contribution in [0.4, 0.5) is 11.4 Å². The molecule has 6 heteroatoms. The maximum atomic E-state index is 13.6. The minimum atomic E-state index is -0.727. The second-order valence-corrected chi connectivity index (χ2v) is 10.6. The van der Waals surface area contributed by atoms with Crippen LogP contribution in [0.5, 0.6) is 0 Å². The summed E-state index contributed by atoms with van der Waals surface area (Å²) in [6, 6.07) is 38.3. The first-order valence-corrected chi connectivity index (χ1v) is 13.7. The summed E-state index contributed by atoms with van der Waals surface area (Å²) in [4.78, 5) is 12.9. The number of nitrogens with zero attached hydrogens (tertiary/aromatic N) is 4. The van der Waals surface area contributed by atoms with Crippen LogP contribution in [-0.4, -0.2) is 21.5 Å². The topological polar surface area (TPSA) is 48.3 Å². The highest BCUT2D eigenvalue weighted by Crippen LogP contribution is 2.50. The van der Waals surface area contributed by atoms with Gasteiger partial charge < -0.3 is 0 Å². The number of thioether (sulfide) groups is 1. The summed E-state index contributed by atoms with van der Waals surface area (Å²) in [5.74, 6) is -0.0775. The quantitative estimate of drug-likeness (QED) is 0.251. The molecule has 5 nitrogen and oxygen atoms in total. The molecular formula is C32H28N4OS. The fraction of sp³-hybridized carbons (Fsp3) is 0.156. The molecule has 0 bridgehead atoms. The predicted octanol–water partition coefficient (Wildman–Crippen LogP) is 7.36. The molecule has 4 aromatic carbocycles. The predicted molar refractivity (Wildman–Crippen MR) is 158 cm³/mol. The van der Waals surface area contributed by atoms with Gasteiger partial charge in [-0.15, -0.1) is 0 Å². The van der Waals surface area contributed by atoms with E-state index in [0.717, 1.165) is 41.9 Å². The van der Waals surface area contributed by atoms with Gasteiger partial charge in [0.15, 0.2) is 5.04 Å². The van der Waals surface area contributed by atoms with Gasteiger partial charge in [-0.25, -0.2) is 10.0 Å². The smallest absolute Gasteiger partial charge is 0.219 e. The number of hydrogen-bond donors (Lipinski definition) is 0. The van der Waals surface area contributed by atoms with Gasteiger partial charge in [-0.2, -0.15) is 10.2 Å².